The molecule has 0 fully saturated rings. The van der Waals surface area contributed by atoms with Crippen molar-refractivity contribution in [2.45, 2.75) is 13.0 Å². The van der Waals surface area contributed by atoms with Crippen LogP contribution in [0, 0.1) is 6.92 Å². The maximum absolute atomic E-state index is 11.0. The number of amides is 1. The zero-order chi connectivity index (χ0) is 10.0. The second-order valence-electron chi connectivity index (χ2n) is 2.97. The number of carbonyl (C=O) groups is 1. The minimum Gasteiger partial charge on any atom is -0.368 e. The maximum atomic E-state index is 11.0. The standard InChI is InChI=1S/C8H14N4O/c1-5-6(4-12(3)11-5)7(10-2)8(9)13/h4,7,10H,1-3H3,(H2,9,13). The largest absolute Gasteiger partial charge is 0.368 e. The first-order chi connectivity index (χ1) is 6.06. The number of nitrogens with zero attached hydrogens (tertiary/aromatic N) is 2. The van der Waals surface area contributed by atoms with Gasteiger partial charge in [0.1, 0.15) is 6.04 Å². The Labute approximate surface area is 76.9 Å². The zero-order valence-corrected chi connectivity index (χ0v) is 8.03. The van der Waals surface area contributed by atoms with Gasteiger partial charge in [-0.15, -0.1) is 0 Å². The van der Waals surface area contributed by atoms with Gasteiger partial charge < -0.3 is 11.1 Å². The fourth-order valence-corrected chi connectivity index (χ4v) is 1.35. The summed E-state index contributed by atoms with van der Waals surface area (Å²) in [5.74, 6) is -0.390. The predicted octanol–water partition coefficient (Wildman–Crippen LogP) is -0.526. The van der Waals surface area contributed by atoms with Crippen molar-refractivity contribution in [3.63, 3.8) is 0 Å². The van der Waals surface area contributed by atoms with E-state index in [9.17, 15) is 4.79 Å². The van der Waals surface area contributed by atoms with Crippen LogP contribution in [-0.2, 0) is 11.8 Å². The SMILES string of the molecule is CNC(C(N)=O)c1cn(C)nc1C. The molecule has 1 amide bonds. The van der Waals surface area contributed by atoms with E-state index in [0.717, 1.165) is 11.3 Å². The van der Waals surface area contributed by atoms with Gasteiger partial charge in [-0.1, -0.05) is 0 Å². The Bertz CT molecular complexity index is 318. The summed E-state index contributed by atoms with van der Waals surface area (Å²) in [6.45, 7) is 1.85. The summed E-state index contributed by atoms with van der Waals surface area (Å²) in [6.07, 6.45) is 1.79. The third-order valence-corrected chi connectivity index (χ3v) is 1.94. The molecule has 0 radical (unpaired) electrons. The molecule has 0 saturated heterocycles. The van der Waals surface area contributed by atoms with Crippen LogP contribution >= 0.6 is 0 Å². The Hall–Kier alpha value is -1.36. The third-order valence-electron chi connectivity index (χ3n) is 1.94. The number of aryl methyl sites for hydroxylation is 2. The van der Waals surface area contributed by atoms with Crippen LogP contribution in [0.15, 0.2) is 6.20 Å². The topological polar surface area (TPSA) is 72.9 Å². The van der Waals surface area contributed by atoms with Crippen molar-refractivity contribution >= 4 is 5.91 Å². The number of nitrogens with one attached hydrogen (secondary N) is 1. The molecule has 1 atom stereocenters. The molecule has 0 bridgehead atoms. The van der Waals surface area contributed by atoms with Crippen LogP contribution in [0.25, 0.3) is 0 Å². The van der Waals surface area contributed by atoms with Gasteiger partial charge in [-0.25, -0.2) is 0 Å². The average molecular weight is 182 g/mol. The summed E-state index contributed by atoms with van der Waals surface area (Å²) >= 11 is 0. The fourth-order valence-electron chi connectivity index (χ4n) is 1.35. The monoisotopic (exact) mass is 182 g/mol. The Morgan fingerprint density at radius 1 is 1.77 bits per heavy atom. The van der Waals surface area contributed by atoms with Gasteiger partial charge >= 0.3 is 0 Å². The highest BCUT2D eigenvalue weighted by Crippen LogP contribution is 2.14. The lowest BCUT2D eigenvalue weighted by Crippen LogP contribution is -2.31. The van der Waals surface area contributed by atoms with Crippen molar-refractivity contribution in [1.82, 2.24) is 15.1 Å². The van der Waals surface area contributed by atoms with E-state index in [-0.39, 0.29) is 0 Å². The van der Waals surface area contributed by atoms with Gasteiger partial charge in [0.15, 0.2) is 0 Å². The van der Waals surface area contributed by atoms with Gasteiger partial charge in [-0.2, -0.15) is 5.10 Å². The molecule has 1 rings (SSSR count). The number of rotatable bonds is 3. The van der Waals surface area contributed by atoms with Crippen LogP contribution in [0.2, 0.25) is 0 Å². The zero-order valence-electron chi connectivity index (χ0n) is 8.03. The van der Waals surface area contributed by atoms with E-state index in [1.807, 2.05) is 14.0 Å². The highest BCUT2D eigenvalue weighted by Gasteiger charge is 2.19. The number of hydrogen-bond donors (Lipinski definition) is 2. The number of nitrogens with two attached hydrogens (primary N) is 1. The van der Waals surface area contributed by atoms with Crippen LogP contribution in [-0.4, -0.2) is 22.7 Å². The van der Waals surface area contributed by atoms with Crippen molar-refractivity contribution in [2.75, 3.05) is 7.05 Å². The van der Waals surface area contributed by atoms with Gasteiger partial charge in [0.25, 0.3) is 0 Å². The highest BCUT2D eigenvalue weighted by atomic mass is 16.1. The number of carbonyl (C=O) groups excluding carboxylic acids is 1. The molecule has 0 aliphatic carbocycles. The van der Waals surface area contributed by atoms with Gasteiger partial charge in [-0.05, 0) is 14.0 Å². The average Bonchev–Trinajstić information content (AvgIpc) is 2.31. The molecular formula is C8H14N4O. The Morgan fingerprint density at radius 3 is 2.69 bits per heavy atom. The number of aromatic nitrogens is 2. The number of likely N-dealkylation sites (N-methyl/N-ethyl adjacent to an activating group) is 1. The smallest absolute Gasteiger partial charge is 0.239 e. The van der Waals surface area contributed by atoms with Crippen LogP contribution in [0.4, 0.5) is 0 Å². The van der Waals surface area contributed by atoms with E-state index in [1.54, 1.807) is 17.9 Å². The summed E-state index contributed by atoms with van der Waals surface area (Å²) in [5, 5.41) is 6.98. The lowest BCUT2D eigenvalue weighted by Gasteiger charge is -2.10. The summed E-state index contributed by atoms with van der Waals surface area (Å²) in [6, 6.07) is -0.450. The van der Waals surface area contributed by atoms with E-state index in [4.69, 9.17) is 5.73 Å². The molecular weight excluding hydrogens is 168 g/mol. The minimum absolute atomic E-state index is 0.390. The van der Waals surface area contributed by atoms with E-state index in [2.05, 4.69) is 10.4 Å². The molecule has 13 heavy (non-hydrogen) atoms. The molecule has 0 spiro atoms. The second kappa shape index (κ2) is 3.57. The van der Waals surface area contributed by atoms with Crippen LogP contribution < -0.4 is 11.1 Å². The first kappa shape index (κ1) is 9.73. The third kappa shape index (κ3) is 1.86. The molecule has 5 nitrogen and oxygen atoms in total. The first-order valence-electron chi connectivity index (χ1n) is 4.03. The molecule has 0 saturated carbocycles. The second-order valence-corrected chi connectivity index (χ2v) is 2.97. The summed E-state index contributed by atoms with van der Waals surface area (Å²) in [4.78, 5) is 11.0. The van der Waals surface area contributed by atoms with E-state index < -0.39 is 11.9 Å². The van der Waals surface area contributed by atoms with Crippen LogP contribution in [0.1, 0.15) is 17.3 Å². The maximum Gasteiger partial charge on any atom is 0.239 e. The Balaban J connectivity index is 3.04. The Kier molecular flexibility index (Phi) is 2.67. The van der Waals surface area contributed by atoms with Crippen molar-refractivity contribution < 1.29 is 4.79 Å². The van der Waals surface area contributed by atoms with Gasteiger partial charge in [0.2, 0.25) is 5.91 Å². The predicted molar refractivity (Wildman–Crippen MR) is 48.9 cm³/mol. The lowest BCUT2D eigenvalue weighted by atomic mass is 10.1. The van der Waals surface area contributed by atoms with Crippen molar-refractivity contribution in [3.8, 4) is 0 Å². The molecule has 0 aliphatic heterocycles. The van der Waals surface area contributed by atoms with Crippen molar-refractivity contribution in [3.05, 3.63) is 17.5 Å². The van der Waals surface area contributed by atoms with Crippen molar-refractivity contribution in [1.29, 1.82) is 0 Å². The van der Waals surface area contributed by atoms with E-state index >= 15 is 0 Å². The van der Waals surface area contributed by atoms with Gasteiger partial charge in [0.05, 0.1) is 5.69 Å². The highest BCUT2D eigenvalue weighted by molar-refractivity contribution is 5.81. The van der Waals surface area contributed by atoms with Gasteiger partial charge in [-0.3, -0.25) is 9.48 Å². The fraction of sp³-hybridized carbons (Fsp3) is 0.500. The Morgan fingerprint density at radius 2 is 2.38 bits per heavy atom. The first-order valence-corrected chi connectivity index (χ1v) is 4.03. The normalized spacial score (nSPS) is 12.8. The summed E-state index contributed by atoms with van der Waals surface area (Å²) in [5.41, 5.74) is 6.87. The number of primary amides is 1. The molecule has 3 N–H and O–H groups in total. The van der Waals surface area contributed by atoms with Crippen molar-refractivity contribution in [2.24, 2.45) is 12.8 Å². The molecule has 1 unspecified atom stereocenters. The summed E-state index contributed by atoms with van der Waals surface area (Å²) in [7, 11) is 3.51. The molecule has 5 heteroatoms. The van der Waals surface area contributed by atoms with E-state index in [1.165, 1.54) is 0 Å². The van der Waals surface area contributed by atoms with Crippen LogP contribution in [0.5, 0.6) is 0 Å². The molecule has 0 aliphatic rings. The summed E-state index contributed by atoms with van der Waals surface area (Å²) < 4.78 is 1.66. The number of hydrogen-bond acceptors (Lipinski definition) is 3. The molecule has 1 aromatic rings. The lowest BCUT2D eigenvalue weighted by molar-refractivity contribution is -0.120. The van der Waals surface area contributed by atoms with Gasteiger partial charge in [0, 0.05) is 18.8 Å². The molecule has 0 aromatic carbocycles. The van der Waals surface area contributed by atoms with E-state index in [0.29, 0.717) is 0 Å². The molecule has 72 valence electrons. The molecule has 1 aromatic heterocycles. The quantitative estimate of drug-likeness (QED) is 0.660. The minimum atomic E-state index is -0.450. The molecule has 1 heterocycles. The van der Waals surface area contributed by atoms with Crippen LogP contribution in [0.3, 0.4) is 0 Å².